The van der Waals surface area contributed by atoms with Gasteiger partial charge >= 0.3 is 0 Å². The van der Waals surface area contributed by atoms with Crippen LogP contribution in [0.15, 0.2) is 24.3 Å². The fourth-order valence-corrected chi connectivity index (χ4v) is 1.53. The highest BCUT2D eigenvalue weighted by molar-refractivity contribution is 5.76. The summed E-state index contributed by atoms with van der Waals surface area (Å²) >= 11 is 0. The zero-order valence-corrected chi connectivity index (χ0v) is 8.50. The molecule has 1 nitrogen and oxygen atoms in total. The lowest BCUT2D eigenvalue weighted by molar-refractivity contribution is -0.117. The van der Waals surface area contributed by atoms with Crippen molar-refractivity contribution >= 4 is 5.78 Å². The molecule has 0 aromatic heterocycles. The van der Waals surface area contributed by atoms with Crippen LogP contribution >= 0.6 is 0 Å². The Kier molecular flexibility index (Phi) is 3.24. The molecule has 0 aliphatic heterocycles. The summed E-state index contributed by atoms with van der Waals surface area (Å²) in [5, 5.41) is 0. The van der Waals surface area contributed by atoms with E-state index in [1.807, 2.05) is 6.07 Å². The van der Waals surface area contributed by atoms with Crippen LogP contribution in [0.4, 0.5) is 0 Å². The van der Waals surface area contributed by atoms with Crippen LogP contribution in [0.2, 0.25) is 0 Å². The minimum atomic E-state index is 0.258. The normalized spacial score (nSPS) is 12.5. The second-order valence-corrected chi connectivity index (χ2v) is 3.72. The van der Waals surface area contributed by atoms with E-state index in [2.05, 4.69) is 32.0 Å². The number of carbonyl (C=O) groups excluding carboxylic acids is 1. The first-order valence-corrected chi connectivity index (χ1v) is 4.65. The Morgan fingerprint density at radius 3 is 2.69 bits per heavy atom. The maximum atomic E-state index is 10.9. The molecule has 1 aromatic rings. The second kappa shape index (κ2) is 4.22. The number of benzene rings is 1. The summed E-state index contributed by atoms with van der Waals surface area (Å²) in [7, 11) is 0. The minimum absolute atomic E-state index is 0.258. The fraction of sp³-hybridized carbons (Fsp3) is 0.417. The largest absolute Gasteiger partial charge is 0.300 e. The summed E-state index contributed by atoms with van der Waals surface area (Å²) in [6, 6.07) is 8.35. The maximum Gasteiger partial charge on any atom is 0.130 e. The van der Waals surface area contributed by atoms with E-state index in [1.54, 1.807) is 6.92 Å². The van der Waals surface area contributed by atoms with Crippen LogP contribution in [0.1, 0.15) is 37.3 Å². The van der Waals surface area contributed by atoms with Gasteiger partial charge in [0.1, 0.15) is 5.78 Å². The molecule has 0 heterocycles. The Labute approximate surface area is 79.8 Å². The Morgan fingerprint density at radius 2 is 2.15 bits per heavy atom. The molecule has 1 rings (SSSR count). The number of ketones is 1. The molecule has 1 heteroatoms. The predicted molar refractivity (Wildman–Crippen MR) is 54.9 cm³/mol. The van der Waals surface area contributed by atoms with Gasteiger partial charge in [0, 0.05) is 6.42 Å². The average Bonchev–Trinajstić information content (AvgIpc) is 2.03. The van der Waals surface area contributed by atoms with Crippen LogP contribution in [0, 0.1) is 6.92 Å². The molecule has 0 N–H and O–H groups in total. The van der Waals surface area contributed by atoms with E-state index < -0.39 is 0 Å². The van der Waals surface area contributed by atoms with Gasteiger partial charge in [0.15, 0.2) is 0 Å². The van der Waals surface area contributed by atoms with Gasteiger partial charge in [-0.3, -0.25) is 0 Å². The van der Waals surface area contributed by atoms with Gasteiger partial charge in [0.25, 0.3) is 0 Å². The van der Waals surface area contributed by atoms with Crippen molar-refractivity contribution in [2.45, 2.75) is 33.1 Å². The monoisotopic (exact) mass is 176 g/mol. The van der Waals surface area contributed by atoms with Crippen LogP contribution in [-0.2, 0) is 4.79 Å². The van der Waals surface area contributed by atoms with E-state index in [1.165, 1.54) is 11.1 Å². The van der Waals surface area contributed by atoms with Crippen molar-refractivity contribution in [1.29, 1.82) is 0 Å². The molecule has 0 saturated carbocycles. The average molecular weight is 176 g/mol. The number of carbonyl (C=O) groups is 1. The van der Waals surface area contributed by atoms with Crippen molar-refractivity contribution in [2.75, 3.05) is 0 Å². The molecular weight excluding hydrogens is 160 g/mol. The SMILES string of the molecule is CC(=O)C[C@@H](C)c1cccc(C)c1. The van der Waals surface area contributed by atoms with E-state index >= 15 is 0 Å². The summed E-state index contributed by atoms with van der Waals surface area (Å²) in [6.45, 7) is 5.81. The van der Waals surface area contributed by atoms with E-state index in [4.69, 9.17) is 0 Å². The predicted octanol–water partition coefficient (Wildman–Crippen LogP) is 3.08. The molecule has 0 aliphatic rings. The molecule has 0 unspecified atom stereocenters. The summed E-state index contributed by atoms with van der Waals surface area (Å²) in [4.78, 5) is 10.9. The highest BCUT2D eigenvalue weighted by Crippen LogP contribution is 2.19. The quantitative estimate of drug-likeness (QED) is 0.691. The zero-order valence-electron chi connectivity index (χ0n) is 8.50. The topological polar surface area (TPSA) is 17.1 Å². The van der Waals surface area contributed by atoms with Gasteiger partial charge in [-0.1, -0.05) is 36.8 Å². The molecule has 13 heavy (non-hydrogen) atoms. The third-order valence-electron chi connectivity index (χ3n) is 2.20. The summed E-state index contributed by atoms with van der Waals surface area (Å²) in [5.41, 5.74) is 2.52. The van der Waals surface area contributed by atoms with Crippen molar-refractivity contribution in [3.63, 3.8) is 0 Å². The molecular formula is C12H16O. The van der Waals surface area contributed by atoms with Crippen molar-refractivity contribution in [3.05, 3.63) is 35.4 Å². The van der Waals surface area contributed by atoms with E-state index in [0.717, 1.165) is 0 Å². The minimum Gasteiger partial charge on any atom is -0.300 e. The van der Waals surface area contributed by atoms with Crippen molar-refractivity contribution < 1.29 is 4.79 Å². The number of rotatable bonds is 3. The molecule has 0 aliphatic carbocycles. The molecule has 1 atom stereocenters. The number of Topliss-reactive ketones (excluding diaryl/α,β-unsaturated/α-hetero) is 1. The van der Waals surface area contributed by atoms with E-state index in [-0.39, 0.29) is 5.78 Å². The fourth-order valence-electron chi connectivity index (χ4n) is 1.53. The lowest BCUT2D eigenvalue weighted by Gasteiger charge is -2.09. The van der Waals surface area contributed by atoms with Crippen LogP contribution in [0.25, 0.3) is 0 Å². The summed E-state index contributed by atoms with van der Waals surface area (Å²) in [6.07, 6.45) is 0.642. The van der Waals surface area contributed by atoms with Gasteiger partial charge in [-0.15, -0.1) is 0 Å². The molecule has 70 valence electrons. The Hall–Kier alpha value is -1.11. The first-order valence-electron chi connectivity index (χ1n) is 4.65. The number of aryl methyl sites for hydroxylation is 1. The highest BCUT2D eigenvalue weighted by Gasteiger charge is 2.07. The van der Waals surface area contributed by atoms with Gasteiger partial charge in [-0.2, -0.15) is 0 Å². The van der Waals surface area contributed by atoms with Crippen LogP contribution < -0.4 is 0 Å². The first-order chi connectivity index (χ1) is 6.09. The van der Waals surface area contributed by atoms with Crippen LogP contribution in [0.3, 0.4) is 0 Å². The zero-order chi connectivity index (χ0) is 9.84. The lowest BCUT2D eigenvalue weighted by atomic mass is 9.95. The molecule has 0 spiro atoms. The molecule has 0 saturated heterocycles. The molecule has 0 amide bonds. The highest BCUT2D eigenvalue weighted by atomic mass is 16.1. The van der Waals surface area contributed by atoms with Gasteiger partial charge in [-0.05, 0) is 25.3 Å². The third-order valence-corrected chi connectivity index (χ3v) is 2.20. The molecule has 1 aromatic carbocycles. The molecule has 0 bridgehead atoms. The van der Waals surface area contributed by atoms with E-state index in [9.17, 15) is 4.79 Å². The maximum absolute atomic E-state index is 10.9. The number of hydrogen-bond acceptors (Lipinski definition) is 1. The van der Waals surface area contributed by atoms with Crippen molar-refractivity contribution in [3.8, 4) is 0 Å². The summed E-state index contributed by atoms with van der Waals surface area (Å²) in [5.74, 6) is 0.603. The van der Waals surface area contributed by atoms with Gasteiger partial charge in [-0.25, -0.2) is 0 Å². The lowest BCUT2D eigenvalue weighted by Crippen LogP contribution is -2.00. The first kappa shape index (κ1) is 9.97. The smallest absolute Gasteiger partial charge is 0.130 e. The summed E-state index contributed by atoms with van der Waals surface area (Å²) < 4.78 is 0. The second-order valence-electron chi connectivity index (χ2n) is 3.72. The standard InChI is InChI=1S/C12H16O/c1-9-5-4-6-12(7-9)10(2)8-11(3)13/h4-7,10H,8H2,1-3H3/t10-/m1/s1. The van der Waals surface area contributed by atoms with E-state index in [0.29, 0.717) is 12.3 Å². The third kappa shape index (κ3) is 3.02. The Bertz CT molecular complexity index is 302. The molecule has 0 fully saturated rings. The van der Waals surface area contributed by atoms with Crippen molar-refractivity contribution in [2.24, 2.45) is 0 Å². The van der Waals surface area contributed by atoms with Gasteiger partial charge in [0.05, 0.1) is 0 Å². The molecule has 0 radical (unpaired) electrons. The van der Waals surface area contributed by atoms with Crippen LogP contribution in [-0.4, -0.2) is 5.78 Å². The van der Waals surface area contributed by atoms with Crippen LogP contribution in [0.5, 0.6) is 0 Å². The Balaban J connectivity index is 2.76. The Morgan fingerprint density at radius 1 is 1.46 bits per heavy atom. The van der Waals surface area contributed by atoms with Gasteiger partial charge < -0.3 is 4.79 Å². The number of hydrogen-bond donors (Lipinski definition) is 0. The van der Waals surface area contributed by atoms with Gasteiger partial charge in [0.2, 0.25) is 0 Å². The van der Waals surface area contributed by atoms with Crippen molar-refractivity contribution in [1.82, 2.24) is 0 Å².